The van der Waals surface area contributed by atoms with Gasteiger partial charge in [0.25, 0.3) is 0 Å². The molecule has 0 bridgehead atoms. The molecule has 1 rings (SSSR count). The Morgan fingerprint density at radius 3 is 2.63 bits per heavy atom. The molecule has 0 saturated carbocycles. The molecule has 0 aromatic carbocycles. The van der Waals surface area contributed by atoms with Crippen LogP contribution in [0.25, 0.3) is 0 Å². The highest BCUT2D eigenvalue weighted by atomic mass is 16.6. The fraction of sp³-hybridized carbons (Fsp3) is 0.667. The number of nitrogens with zero attached hydrogens (tertiary/aromatic N) is 5. The highest BCUT2D eigenvalue weighted by Crippen LogP contribution is 2.32. The normalized spacial score (nSPS) is 11.9. The maximum absolute atomic E-state index is 11.3. The number of hydrogen-bond acceptors (Lipinski definition) is 5. The number of hydrogen-bond donors (Lipinski definition) is 0. The van der Waals surface area contributed by atoms with Crippen molar-refractivity contribution < 1.29 is 4.92 Å². The summed E-state index contributed by atoms with van der Waals surface area (Å²) in [5.74, 6) is 0.283. The Balaban J connectivity index is 3.27. The van der Waals surface area contributed by atoms with Gasteiger partial charge in [0.2, 0.25) is 5.82 Å². The molecular formula is C12H19N5O2. The van der Waals surface area contributed by atoms with Crippen LogP contribution >= 0.6 is 0 Å². The molecule has 1 heterocycles. The standard InChI is InChI=1S/C12H19N5O2/c1-5-10-11(17(18)19)12(15(4)14-10)16(6-2)8-9(3)7-13/h9H,5-6,8H2,1-4H3. The van der Waals surface area contributed by atoms with Crippen molar-refractivity contribution in [2.24, 2.45) is 13.0 Å². The number of nitro groups is 1. The van der Waals surface area contributed by atoms with Gasteiger partial charge in [-0.15, -0.1) is 0 Å². The molecule has 0 N–H and O–H groups in total. The van der Waals surface area contributed by atoms with Crippen molar-refractivity contribution in [3.8, 4) is 6.07 Å². The lowest BCUT2D eigenvalue weighted by molar-refractivity contribution is -0.384. The Labute approximate surface area is 112 Å². The van der Waals surface area contributed by atoms with E-state index < -0.39 is 0 Å². The molecule has 7 heteroatoms. The number of anilines is 1. The third-order valence-corrected chi connectivity index (χ3v) is 2.98. The van der Waals surface area contributed by atoms with E-state index in [9.17, 15) is 10.1 Å². The van der Waals surface area contributed by atoms with Crippen LogP contribution < -0.4 is 4.90 Å². The van der Waals surface area contributed by atoms with Gasteiger partial charge in [-0.3, -0.25) is 10.1 Å². The quantitative estimate of drug-likeness (QED) is 0.578. The van der Waals surface area contributed by atoms with Gasteiger partial charge in [0.15, 0.2) is 0 Å². The van der Waals surface area contributed by atoms with Gasteiger partial charge in [0.05, 0.1) is 16.9 Å². The van der Waals surface area contributed by atoms with Crippen molar-refractivity contribution in [1.29, 1.82) is 5.26 Å². The first-order chi connectivity index (χ1) is 8.96. The molecule has 0 aliphatic heterocycles. The Bertz CT molecular complexity index is 503. The summed E-state index contributed by atoms with van der Waals surface area (Å²) in [4.78, 5) is 12.7. The van der Waals surface area contributed by atoms with Crippen molar-refractivity contribution in [3.05, 3.63) is 15.8 Å². The molecule has 0 fully saturated rings. The Hall–Kier alpha value is -2.10. The monoisotopic (exact) mass is 265 g/mol. The van der Waals surface area contributed by atoms with Gasteiger partial charge in [-0.05, 0) is 20.3 Å². The van der Waals surface area contributed by atoms with E-state index in [0.29, 0.717) is 31.0 Å². The van der Waals surface area contributed by atoms with E-state index in [1.807, 2.05) is 18.7 Å². The largest absolute Gasteiger partial charge is 0.350 e. The van der Waals surface area contributed by atoms with Crippen LogP contribution in [0.5, 0.6) is 0 Å². The fourth-order valence-corrected chi connectivity index (χ4v) is 2.07. The second kappa shape index (κ2) is 6.18. The summed E-state index contributed by atoms with van der Waals surface area (Å²) < 4.78 is 1.53. The van der Waals surface area contributed by atoms with Gasteiger partial charge in [0, 0.05) is 20.1 Å². The van der Waals surface area contributed by atoms with Crippen LogP contribution in [0.4, 0.5) is 11.5 Å². The van der Waals surface area contributed by atoms with Crippen molar-refractivity contribution in [1.82, 2.24) is 9.78 Å². The van der Waals surface area contributed by atoms with E-state index in [-0.39, 0.29) is 16.5 Å². The number of nitriles is 1. The van der Waals surface area contributed by atoms with Gasteiger partial charge in [0.1, 0.15) is 5.69 Å². The molecule has 1 aromatic rings. The first-order valence-electron chi connectivity index (χ1n) is 6.30. The van der Waals surface area contributed by atoms with Crippen LogP contribution in [0, 0.1) is 27.4 Å². The highest BCUT2D eigenvalue weighted by Gasteiger charge is 2.29. The molecule has 0 aliphatic carbocycles. The van der Waals surface area contributed by atoms with Crippen molar-refractivity contribution >= 4 is 11.5 Å². The van der Waals surface area contributed by atoms with Crippen molar-refractivity contribution in [2.75, 3.05) is 18.0 Å². The lowest BCUT2D eigenvalue weighted by Crippen LogP contribution is -2.30. The summed E-state index contributed by atoms with van der Waals surface area (Å²) in [5, 5.41) is 24.3. The zero-order valence-corrected chi connectivity index (χ0v) is 11.8. The van der Waals surface area contributed by atoms with Gasteiger partial charge >= 0.3 is 5.69 Å². The lowest BCUT2D eigenvalue weighted by atomic mass is 10.2. The Morgan fingerprint density at radius 1 is 1.58 bits per heavy atom. The molecule has 0 radical (unpaired) electrons. The van der Waals surface area contributed by atoms with Crippen LogP contribution in [-0.4, -0.2) is 27.8 Å². The summed E-state index contributed by atoms with van der Waals surface area (Å²) in [7, 11) is 1.70. The summed E-state index contributed by atoms with van der Waals surface area (Å²) in [6, 6.07) is 2.15. The summed E-state index contributed by atoms with van der Waals surface area (Å²) in [5.41, 5.74) is 0.530. The van der Waals surface area contributed by atoms with E-state index in [0.717, 1.165) is 0 Å². The first kappa shape index (κ1) is 15.0. The Kier molecular flexibility index (Phi) is 4.87. The predicted molar refractivity (Wildman–Crippen MR) is 71.9 cm³/mol. The average Bonchev–Trinajstić information content (AvgIpc) is 2.72. The first-order valence-corrected chi connectivity index (χ1v) is 6.30. The molecule has 0 saturated heterocycles. The third-order valence-electron chi connectivity index (χ3n) is 2.98. The van der Waals surface area contributed by atoms with E-state index >= 15 is 0 Å². The summed E-state index contributed by atoms with van der Waals surface area (Å²) in [6.07, 6.45) is 0.509. The molecular weight excluding hydrogens is 246 g/mol. The SMILES string of the molecule is CCc1nn(C)c(N(CC)CC(C)C#N)c1[N+](=O)[O-]. The number of aromatic nitrogens is 2. The molecule has 104 valence electrons. The molecule has 1 atom stereocenters. The average molecular weight is 265 g/mol. The van der Waals surface area contributed by atoms with Gasteiger partial charge in [-0.2, -0.15) is 10.4 Å². The van der Waals surface area contributed by atoms with Crippen LogP contribution in [0.2, 0.25) is 0 Å². The molecule has 0 spiro atoms. The minimum atomic E-state index is -0.388. The van der Waals surface area contributed by atoms with Gasteiger partial charge in [-0.1, -0.05) is 6.92 Å². The molecule has 1 aromatic heterocycles. The second-order valence-electron chi connectivity index (χ2n) is 4.42. The second-order valence-corrected chi connectivity index (χ2v) is 4.42. The number of rotatable bonds is 6. The van der Waals surface area contributed by atoms with Crippen LogP contribution in [0.1, 0.15) is 26.5 Å². The van der Waals surface area contributed by atoms with E-state index in [2.05, 4.69) is 11.2 Å². The van der Waals surface area contributed by atoms with Crippen LogP contribution in [-0.2, 0) is 13.5 Å². The maximum Gasteiger partial charge on any atom is 0.334 e. The number of aryl methyl sites for hydroxylation is 2. The topological polar surface area (TPSA) is 88.0 Å². The molecule has 1 unspecified atom stereocenters. The molecule has 7 nitrogen and oxygen atoms in total. The van der Waals surface area contributed by atoms with Crippen LogP contribution in [0.15, 0.2) is 0 Å². The fourth-order valence-electron chi connectivity index (χ4n) is 2.07. The van der Waals surface area contributed by atoms with Gasteiger partial charge < -0.3 is 4.90 Å². The predicted octanol–water partition coefficient (Wildman–Crippen LogP) is 1.88. The summed E-state index contributed by atoms with van der Waals surface area (Å²) in [6.45, 7) is 6.59. The molecule has 0 aliphatic rings. The highest BCUT2D eigenvalue weighted by molar-refractivity contribution is 5.61. The zero-order chi connectivity index (χ0) is 14.6. The smallest absolute Gasteiger partial charge is 0.334 e. The minimum Gasteiger partial charge on any atom is -0.350 e. The maximum atomic E-state index is 11.3. The van der Waals surface area contributed by atoms with Crippen molar-refractivity contribution in [3.63, 3.8) is 0 Å². The van der Waals surface area contributed by atoms with E-state index in [4.69, 9.17) is 5.26 Å². The van der Waals surface area contributed by atoms with Crippen LogP contribution in [0.3, 0.4) is 0 Å². The third kappa shape index (κ3) is 3.02. The molecule has 19 heavy (non-hydrogen) atoms. The van der Waals surface area contributed by atoms with E-state index in [1.54, 1.807) is 14.0 Å². The van der Waals surface area contributed by atoms with Gasteiger partial charge in [-0.25, -0.2) is 4.68 Å². The zero-order valence-electron chi connectivity index (χ0n) is 11.8. The van der Waals surface area contributed by atoms with Crippen molar-refractivity contribution in [2.45, 2.75) is 27.2 Å². The summed E-state index contributed by atoms with van der Waals surface area (Å²) >= 11 is 0. The van der Waals surface area contributed by atoms with E-state index in [1.165, 1.54) is 4.68 Å². The molecule has 0 amide bonds. The minimum absolute atomic E-state index is 0.0528. The Morgan fingerprint density at radius 2 is 2.21 bits per heavy atom. The lowest BCUT2D eigenvalue weighted by Gasteiger charge is -2.22.